The first-order chi connectivity index (χ1) is 13.7. The number of hydrogen-bond acceptors (Lipinski definition) is 4. The van der Waals surface area contributed by atoms with Gasteiger partial charge in [-0.15, -0.1) is 0 Å². The van der Waals surface area contributed by atoms with Crippen molar-refractivity contribution in [2.75, 3.05) is 0 Å². The Labute approximate surface area is 161 Å². The van der Waals surface area contributed by atoms with E-state index >= 15 is 0 Å². The van der Waals surface area contributed by atoms with E-state index in [1.54, 1.807) is 24.3 Å². The molecule has 5 nitrogen and oxygen atoms in total. The van der Waals surface area contributed by atoms with Crippen LogP contribution in [0.1, 0.15) is 35.4 Å². The third-order valence-corrected chi connectivity index (χ3v) is 4.55. The number of aliphatic imine (C=N–C) groups is 2. The standard InChI is InChI=1S/C22H18FN3O2/c1-2-16-20(14-9-11-15(23)12-10-14)21(26-22(27)19-8-5-13-28-19)25-18-7-4-3-6-17(18)24-16/h3-13,20H,2H2,1H3,(H,25,26,27). The molecular formula is C22H18FN3O2. The van der Waals surface area contributed by atoms with Crippen molar-refractivity contribution in [3.8, 4) is 0 Å². The van der Waals surface area contributed by atoms with Crippen LogP contribution in [0.15, 0.2) is 81.3 Å². The number of nitrogens with one attached hydrogen (secondary N) is 1. The lowest BCUT2D eigenvalue weighted by Crippen LogP contribution is -2.37. The van der Waals surface area contributed by atoms with Crippen molar-refractivity contribution in [3.63, 3.8) is 0 Å². The molecule has 2 heterocycles. The molecule has 0 fully saturated rings. The molecule has 140 valence electrons. The lowest BCUT2D eigenvalue weighted by atomic mass is 9.91. The molecule has 0 spiro atoms. The van der Waals surface area contributed by atoms with Crippen molar-refractivity contribution >= 4 is 28.8 Å². The Morgan fingerprint density at radius 3 is 2.39 bits per heavy atom. The van der Waals surface area contributed by atoms with Gasteiger partial charge in [0.1, 0.15) is 11.7 Å². The normalized spacial score (nSPS) is 15.9. The van der Waals surface area contributed by atoms with Crippen LogP contribution in [-0.4, -0.2) is 17.5 Å². The van der Waals surface area contributed by atoms with Crippen molar-refractivity contribution in [1.29, 1.82) is 0 Å². The van der Waals surface area contributed by atoms with Crippen molar-refractivity contribution in [2.45, 2.75) is 19.3 Å². The number of amidine groups is 1. The number of para-hydroxylation sites is 2. The quantitative estimate of drug-likeness (QED) is 0.687. The van der Waals surface area contributed by atoms with Crippen LogP contribution in [0.25, 0.3) is 0 Å². The van der Waals surface area contributed by atoms with Gasteiger partial charge in [0.05, 0.1) is 23.6 Å². The second-order valence-electron chi connectivity index (χ2n) is 6.36. The van der Waals surface area contributed by atoms with Crippen LogP contribution >= 0.6 is 0 Å². The molecule has 0 bridgehead atoms. The van der Waals surface area contributed by atoms with Crippen molar-refractivity contribution in [2.24, 2.45) is 9.98 Å². The van der Waals surface area contributed by atoms with Gasteiger partial charge in [0.2, 0.25) is 0 Å². The molecule has 1 unspecified atom stereocenters. The van der Waals surface area contributed by atoms with Crippen LogP contribution in [0.2, 0.25) is 0 Å². The molecule has 4 rings (SSSR count). The summed E-state index contributed by atoms with van der Waals surface area (Å²) in [5.74, 6) is -0.511. The zero-order chi connectivity index (χ0) is 19.5. The number of furan rings is 1. The molecule has 0 saturated carbocycles. The first-order valence-corrected chi connectivity index (χ1v) is 9.01. The molecule has 0 saturated heterocycles. The van der Waals surface area contributed by atoms with Gasteiger partial charge in [0, 0.05) is 5.71 Å². The van der Waals surface area contributed by atoms with E-state index in [1.807, 2.05) is 31.2 Å². The minimum atomic E-state index is -0.406. The summed E-state index contributed by atoms with van der Waals surface area (Å²) in [4.78, 5) is 22.1. The molecule has 1 aliphatic heterocycles. The van der Waals surface area contributed by atoms with Crippen LogP contribution in [0.5, 0.6) is 0 Å². The number of hydrogen-bond donors (Lipinski definition) is 1. The van der Waals surface area contributed by atoms with E-state index in [0.717, 1.165) is 17.0 Å². The van der Waals surface area contributed by atoms with Crippen LogP contribution in [0.3, 0.4) is 0 Å². The Morgan fingerprint density at radius 1 is 1.04 bits per heavy atom. The molecule has 1 aromatic heterocycles. The van der Waals surface area contributed by atoms with E-state index in [4.69, 9.17) is 14.4 Å². The van der Waals surface area contributed by atoms with Gasteiger partial charge >= 0.3 is 0 Å². The summed E-state index contributed by atoms with van der Waals surface area (Å²) in [6.07, 6.45) is 2.08. The molecule has 28 heavy (non-hydrogen) atoms. The Balaban J connectivity index is 1.83. The fourth-order valence-corrected chi connectivity index (χ4v) is 3.20. The van der Waals surface area contributed by atoms with Gasteiger partial charge in [-0.3, -0.25) is 9.79 Å². The highest BCUT2D eigenvalue weighted by Gasteiger charge is 2.28. The van der Waals surface area contributed by atoms with Gasteiger partial charge in [-0.1, -0.05) is 31.2 Å². The maximum absolute atomic E-state index is 13.5. The van der Waals surface area contributed by atoms with E-state index in [0.29, 0.717) is 17.9 Å². The SMILES string of the molecule is CCC1=Nc2ccccc2N=C(NC(=O)c2ccco2)C1c1ccc(F)cc1. The molecule has 1 amide bonds. The van der Waals surface area contributed by atoms with Gasteiger partial charge in [-0.2, -0.15) is 0 Å². The fourth-order valence-electron chi connectivity index (χ4n) is 3.20. The van der Waals surface area contributed by atoms with E-state index in [9.17, 15) is 9.18 Å². The Kier molecular flexibility index (Phi) is 4.85. The minimum Gasteiger partial charge on any atom is -0.459 e. The molecule has 1 aliphatic rings. The number of rotatable bonds is 3. The molecule has 2 aromatic carbocycles. The topological polar surface area (TPSA) is 67.0 Å². The molecule has 3 aromatic rings. The Morgan fingerprint density at radius 2 is 1.75 bits per heavy atom. The zero-order valence-electron chi connectivity index (χ0n) is 15.2. The third kappa shape index (κ3) is 3.49. The average Bonchev–Trinajstić information content (AvgIpc) is 3.20. The molecule has 0 aliphatic carbocycles. The fraction of sp³-hybridized carbons (Fsp3) is 0.136. The molecule has 6 heteroatoms. The number of halogens is 1. The highest BCUT2D eigenvalue weighted by atomic mass is 19.1. The minimum absolute atomic E-state index is 0.188. The maximum atomic E-state index is 13.5. The smallest absolute Gasteiger partial charge is 0.292 e. The summed E-state index contributed by atoms with van der Waals surface area (Å²) >= 11 is 0. The predicted octanol–water partition coefficient (Wildman–Crippen LogP) is 5.16. The zero-order valence-corrected chi connectivity index (χ0v) is 15.2. The first-order valence-electron chi connectivity index (χ1n) is 9.01. The Hall–Kier alpha value is -3.54. The van der Waals surface area contributed by atoms with Crippen LogP contribution in [-0.2, 0) is 0 Å². The highest BCUT2D eigenvalue weighted by Crippen LogP contribution is 2.35. The van der Waals surface area contributed by atoms with E-state index < -0.39 is 11.8 Å². The van der Waals surface area contributed by atoms with Crippen molar-refractivity contribution < 1.29 is 13.6 Å². The van der Waals surface area contributed by atoms with Crippen molar-refractivity contribution in [3.05, 3.63) is 84.1 Å². The first kappa shape index (κ1) is 17.9. The van der Waals surface area contributed by atoms with E-state index in [-0.39, 0.29) is 11.6 Å². The second-order valence-corrected chi connectivity index (χ2v) is 6.36. The van der Waals surface area contributed by atoms with Crippen molar-refractivity contribution in [1.82, 2.24) is 5.32 Å². The second kappa shape index (κ2) is 7.60. The summed E-state index contributed by atoms with van der Waals surface area (Å²) in [7, 11) is 0. The molecule has 1 atom stereocenters. The summed E-state index contributed by atoms with van der Waals surface area (Å²) in [6, 6.07) is 16.9. The van der Waals surface area contributed by atoms with Gasteiger partial charge < -0.3 is 9.73 Å². The lowest BCUT2D eigenvalue weighted by molar-refractivity contribution is 0.0949. The molecular weight excluding hydrogens is 357 g/mol. The van der Waals surface area contributed by atoms with E-state index in [2.05, 4.69) is 5.32 Å². The number of carbonyl (C=O) groups is 1. The van der Waals surface area contributed by atoms with Gasteiger partial charge in [0.25, 0.3) is 5.91 Å². The number of amides is 1. The predicted molar refractivity (Wildman–Crippen MR) is 106 cm³/mol. The van der Waals surface area contributed by atoms with Crippen LogP contribution in [0.4, 0.5) is 15.8 Å². The number of carbonyl (C=O) groups excluding carboxylic acids is 1. The maximum Gasteiger partial charge on any atom is 0.292 e. The lowest BCUT2D eigenvalue weighted by Gasteiger charge is -2.20. The molecule has 0 radical (unpaired) electrons. The number of nitrogens with zero attached hydrogens (tertiary/aromatic N) is 2. The summed E-state index contributed by atoms with van der Waals surface area (Å²) in [5.41, 5.74) is 3.02. The Bertz CT molecular complexity index is 1050. The average molecular weight is 375 g/mol. The number of fused-ring (bicyclic) bond motifs is 1. The van der Waals surface area contributed by atoms with Crippen LogP contribution < -0.4 is 5.32 Å². The number of benzene rings is 2. The van der Waals surface area contributed by atoms with Crippen LogP contribution in [0, 0.1) is 5.82 Å². The summed E-state index contributed by atoms with van der Waals surface area (Å²) < 4.78 is 18.7. The largest absolute Gasteiger partial charge is 0.459 e. The third-order valence-electron chi connectivity index (χ3n) is 4.55. The monoisotopic (exact) mass is 375 g/mol. The summed E-state index contributed by atoms with van der Waals surface area (Å²) in [6.45, 7) is 2.00. The highest BCUT2D eigenvalue weighted by molar-refractivity contribution is 6.19. The van der Waals surface area contributed by atoms with Gasteiger partial charge in [0.15, 0.2) is 5.76 Å². The van der Waals surface area contributed by atoms with Gasteiger partial charge in [-0.05, 0) is 48.4 Å². The summed E-state index contributed by atoms with van der Waals surface area (Å²) in [5, 5.41) is 2.87. The van der Waals surface area contributed by atoms with Gasteiger partial charge in [-0.25, -0.2) is 9.38 Å². The molecule has 1 N–H and O–H groups in total. The van der Waals surface area contributed by atoms with E-state index in [1.165, 1.54) is 18.4 Å².